The monoisotopic (exact) mass is 324 g/mol. The number of halogens is 1. The summed E-state index contributed by atoms with van der Waals surface area (Å²) in [4.78, 5) is 24.4. The molecular formula is C17H21ClO4. The van der Waals surface area contributed by atoms with Crippen LogP contribution in [-0.2, 0) is 14.3 Å². The lowest BCUT2D eigenvalue weighted by Crippen LogP contribution is -2.36. The van der Waals surface area contributed by atoms with Gasteiger partial charge in [0.15, 0.2) is 0 Å². The van der Waals surface area contributed by atoms with Gasteiger partial charge in [-0.15, -0.1) is 0 Å². The van der Waals surface area contributed by atoms with E-state index in [-0.39, 0.29) is 11.9 Å². The van der Waals surface area contributed by atoms with Gasteiger partial charge in [0, 0.05) is 5.02 Å². The predicted molar refractivity (Wildman–Crippen MR) is 83.9 cm³/mol. The SMILES string of the molecule is CCOC(=O)C1CCCCC1C(=O)Oc1ccc(Cl)c(C)c1. The molecule has 5 heteroatoms. The van der Waals surface area contributed by atoms with Gasteiger partial charge in [-0.05, 0) is 50.5 Å². The highest BCUT2D eigenvalue weighted by Gasteiger charge is 2.38. The van der Waals surface area contributed by atoms with Crippen molar-refractivity contribution in [3.8, 4) is 5.75 Å². The maximum Gasteiger partial charge on any atom is 0.315 e. The number of hydrogen-bond donors (Lipinski definition) is 0. The van der Waals surface area contributed by atoms with Crippen LogP contribution in [0, 0.1) is 18.8 Å². The molecule has 0 bridgehead atoms. The average Bonchev–Trinajstić information content (AvgIpc) is 2.51. The van der Waals surface area contributed by atoms with Crippen molar-refractivity contribution in [2.45, 2.75) is 39.5 Å². The molecule has 1 saturated carbocycles. The summed E-state index contributed by atoms with van der Waals surface area (Å²) < 4.78 is 10.5. The van der Waals surface area contributed by atoms with Gasteiger partial charge < -0.3 is 9.47 Å². The molecule has 1 aliphatic carbocycles. The van der Waals surface area contributed by atoms with Crippen LogP contribution in [0.4, 0.5) is 0 Å². The number of benzene rings is 1. The first kappa shape index (κ1) is 16.8. The average molecular weight is 325 g/mol. The Labute approximate surface area is 135 Å². The summed E-state index contributed by atoms with van der Waals surface area (Å²) in [5.74, 6) is -1.02. The Bertz CT molecular complexity index is 556. The minimum atomic E-state index is -0.427. The van der Waals surface area contributed by atoms with E-state index in [0.717, 1.165) is 18.4 Å². The summed E-state index contributed by atoms with van der Waals surface area (Å²) in [7, 11) is 0. The van der Waals surface area contributed by atoms with E-state index >= 15 is 0 Å². The van der Waals surface area contributed by atoms with Gasteiger partial charge in [-0.25, -0.2) is 0 Å². The zero-order chi connectivity index (χ0) is 16.1. The number of carbonyl (C=O) groups is 2. The molecule has 0 aliphatic heterocycles. The van der Waals surface area contributed by atoms with Crippen molar-refractivity contribution >= 4 is 23.5 Å². The lowest BCUT2D eigenvalue weighted by molar-refractivity contribution is -0.158. The number of hydrogen-bond acceptors (Lipinski definition) is 4. The molecule has 2 atom stereocenters. The highest BCUT2D eigenvalue weighted by molar-refractivity contribution is 6.31. The fourth-order valence-corrected chi connectivity index (χ4v) is 2.93. The molecule has 2 rings (SSSR count). The Morgan fingerprint density at radius 1 is 1.18 bits per heavy atom. The molecule has 120 valence electrons. The van der Waals surface area contributed by atoms with Gasteiger partial charge in [0.2, 0.25) is 0 Å². The van der Waals surface area contributed by atoms with Gasteiger partial charge in [0.1, 0.15) is 5.75 Å². The minimum absolute atomic E-state index is 0.295. The van der Waals surface area contributed by atoms with E-state index in [1.54, 1.807) is 25.1 Å². The Balaban J connectivity index is 2.08. The molecule has 0 heterocycles. The number of aryl methyl sites for hydroxylation is 1. The topological polar surface area (TPSA) is 52.6 Å². The zero-order valence-electron chi connectivity index (χ0n) is 12.9. The quantitative estimate of drug-likeness (QED) is 0.622. The Morgan fingerprint density at radius 3 is 2.41 bits per heavy atom. The third-order valence-corrected chi connectivity index (χ3v) is 4.43. The van der Waals surface area contributed by atoms with Gasteiger partial charge in [-0.1, -0.05) is 24.4 Å². The van der Waals surface area contributed by atoms with Crippen molar-refractivity contribution in [3.63, 3.8) is 0 Å². The Hall–Kier alpha value is -1.55. The van der Waals surface area contributed by atoms with E-state index in [1.807, 2.05) is 6.92 Å². The summed E-state index contributed by atoms with van der Waals surface area (Å²) in [6, 6.07) is 5.08. The van der Waals surface area contributed by atoms with Crippen molar-refractivity contribution in [2.75, 3.05) is 6.61 Å². The molecule has 1 aromatic carbocycles. The molecule has 22 heavy (non-hydrogen) atoms. The Morgan fingerprint density at radius 2 is 1.82 bits per heavy atom. The smallest absolute Gasteiger partial charge is 0.315 e. The number of ether oxygens (including phenoxy) is 2. The van der Waals surface area contributed by atoms with Gasteiger partial charge >= 0.3 is 11.9 Å². The van der Waals surface area contributed by atoms with Crippen molar-refractivity contribution in [2.24, 2.45) is 11.8 Å². The first-order valence-corrected chi connectivity index (χ1v) is 8.05. The lowest BCUT2D eigenvalue weighted by atomic mass is 9.79. The van der Waals surface area contributed by atoms with E-state index < -0.39 is 11.8 Å². The van der Waals surface area contributed by atoms with E-state index in [4.69, 9.17) is 21.1 Å². The molecule has 0 N–H and O–H groups in total. The molecule has 4 nitrogen and oxygen atoms in total. The second-order valence-electron chi connectivity index (χ2n) is 5.58. The van der Waals surface area contributed by atoms with Crippen LogP contribution in [0.1, 0.15) is 38.2 Å². The Kier molecular flexibility index (Phi) is 5.83. The number of esters is 2. The first-order chi connectivity index (χ1) is 10.5. The summed E-state index contributed by atoms with van der Waals surface area (Å²) in [5.41, 5.74) is 0.845. The van der Waals surface area contributed by atoms with Crippen LogP contribution >= 0.6 is 11.6 Å². The largest absolute Gasteiger partial charge is 0.466 e. The zero-order valence-corrected chi connectivity index (χ0v) is 13.7. The van der Waals surface area contributed by atoms with Crippen LogP contribution in [0.2, 0.25) is 5.02 Å². The molecule has 0 spiro atoms. The summed E-state index contributed by atoms with van der Waals surface area (Å²) in [6.45, 7) is 3.94. The molecule has 0 aromatic heterocycles. The van der Waals surface area contributed by atoms with Crippen molar-refractivity contribution in [3.05, 3.63) is 28.8 Å². The van der Waals surface area contributed by atoms with Crippen molar-refractivity contribution < 1.29 is 19.1 Å². The lowest BCUT2D eigenvalue weighted by Gasteiger charge is -2.28. The summed E-state index contributed by atoms with van der Waals surface area (Å²) in [5, 5.41) is 0.627. The fourth-order valence-electron chi connectivity index (χ4n) is 2.82. The van der Waals surface area contributed by atoms with Crippen LogP contribution in [0.3, 0.4) is 0 Å². The normalized spacial score (nSPS) is 21.2. The molecule has 1 aromatic rings. The van der Waals surface area contributed by atoms with E-state index in [1.165, 1.54) is 0 Å². The maximum atomic E-state index is 12.4. The third kappa shape index (κ3) is 4.01. The predicted octanol–water partition coefficient (Wildman–Crippen LogP) is 3.92. The van der Waals surface area contributed by atoms with Gasteiger partial charge in [0.25, 0.3) is 0 Å². The number of rotatable bonds is 4. The van der Waals surface area contributed by atoms with Crippen LogP contribution in [0.15, 0.2) is 18.2 Å². The second-order valence-corrected chi connectivity index (χ2v) is 5.99. The maximum absolute atomic E-state index is 12.4. The molecule has 0 saturated heterocycles. The molecule has 0 amide bonds. The second kappa shape index (κ2) is 7.63. The van der Waals surface area contributed by atoms with Gasteiger partial charge in [-0.2, -0.15) is 0 Å². The van der Waals surface area contributed by atoms with Crippen molar-refractivity contribution in [1.82, 2.24) is 0 Å². The molecular weight excluding hydrogens is 304 g/mol. The fraction of sp³-hybridized carbons (Fsp3) is 0.529. The summed E-state index contributed by atoms with van der Waals surface area (Å²) in [6.07, 6.45) is 3.20. The van der Waals surface area contributed by atoms with Crippen LogP contribution in [0.25, 0.3) is 0 Å². The number of carbonyl (C=O) groups excluding carboxylic acids is 2. The summed E-state index contributed by atoms with van der Waals surface area (Å²) >= 11 is 5.96. The van der Waals surface area contributed by atoms with Crippen molar-refractivity contribution in [1.29, 1.82) is 0 Å². The van der Waals surface area contributed by atoms with Gasteiger partial charge in [0.05, 0.1) is 18.4 Å². The van der Waals surface area contributed by atoms with Gasteiger partial charge in [-0.3, -0.25) is 9.59 Å². The van der Waals surface area contributed by atoms with Crippen LogP contribution in [0.5, 0.6) is 5.75 Å². The highest BCUT2D eigenvalue weighted by atomic mass is 35.5. The minimum Gasteiger partial charge on any atom is -0.466 e. The van der Waals surface area contributed by atoms with E-state index in [0.29, 0.717) is 30.2 Å². The molecule has 2 unspecified atom stereocenters. The van der Waals surface area contributed by atoms with E-state index in [9.17, 15) is 9.59 Å². The third-order valence-electron chi connectivity index (χ3n) is 4.01. The highest BCUT2D eigenvalue weighted by Crippen LogP contribution is 2.33. The first-order valence-electron chi connectivity index (χ1n) is 7.67. The van der Waals surface area contributed by atoms with Crippen LogP contribution < -0.4 is 4.74 Å². The van der Waals surface area contributed by atoms with E-state index in [2.05, 4.69) is 0 Å². The molecule has 1 fully saturated rings. The van der Waals surface area contributed by atoms with Crippen LogP contribution in [-0.4, -0.2) is 18.5 Å². The molecule has 0 radical (unpaired) electrons. The molecule has 1 aliphatic rings. The standard InChI is InChI=1S/C17H21ClO4/c1-3-21-16(19)13-6-4-5-7-14(13)17(20)22-12-8-9-15(18)11(2)10-12/h8-10,13-14H,3-7H2,1-2H3.